The molecular weight excluding hydrogens is 336 g/mol. The van der Waals surface area contributed by atoms with E-state index in [1.807, 2.05) is 4.90 Å². The molecule has 27 heavy (non-hydrogen) atoms. The number of aryl methyl sites for hydroxylation is 1. The average molecular weight is 367 g/mol. The minimum atomic E-state index is 0.160. The number of para-hydroxylation sites is 1. The molecule has 4 rings (SSSR count). The molecule has 5 heteroatoms. The van der Waals surface area contributed by atoms with Gasteiger partial charge in [0.1, 0.15) is 5.69 Å². The van der Waals surface area contributed by atoms with Crippen LogP contribution in [0.15, 0.2) is 30.3 Å². The van der Waals surface area contributed by atoms with Crippen molar-refractivity contribution in [3.05, 3.63) is 36.0 Å². The molecule has 2 aromatic heterocycles. The van der Waals surface area contributed by atoms with Gasteiger partial charge in [-0.25, -0.2) is 0 Å². The highest BCUT2D eigenvalue weighted by Gasteiger charge is 2.28. The number of amides is 1. The highest BCUT2D eigenvalue weighted by atomic mass is 16.2. The summed E-state index contributed by atoms with van der Waals surface area (Å²) in [5, 5.41) is 1.22. The average Bonchev–Trinajstić information content (AvgIpc) is 3.18. The fraction of sp³-hybridized carbons (Fsp3) is 0.500. The molecule has 0 aliphatic carbocycles. The Morgan fingerprint density at radius 3 is 2.22 bits per heavy atom. The van der Waals surface area contributed by atoms with Crippen LogP contribution in [0, 0.1) is 0 Å². The van der Waals surface area contributed by atoms with Crippen LogP contribution in [0.5, 0.6) is 0 Å². The largest absolute Gasteiger partial charge is 0.342 e. The van der Waals surface area contributed by atoms with Gasteiger partial charge >= 0.3 is 0 Å². The van der Waals surface area contributed by atoms with E-state index in [-0.39, 0.29) is 11.9 Å². The molecule has 1 aromatic carbocycles. The summed E-state index contributed by atoms with van der Waals surface area (Å²) in [6.07, 6.45) is 0. The predicted molar refractivity (Wildman–Crippen MR) is 111 cm³/mol. The fourth-order valence-corrected chi connectivity index (χ4v) is 4.44. The lowest BCUT2D eigenvalue weighted by Gasteiger charge is -2.37. The Kier molecular flexibility index (Phi) is 4.50. The summed E-state index contributed by atoms with van der Waals surface area (Å²) < 4.78 is 4.44. The molecule has 1 saturated heterocycles. The van der Waals surface area contributed by atoms with Crippen molar-refractivity contribution >= 4 is 27.8 Å². The maximum Gasteiger partial charge on any atom is 0.270 e. The zero-order valence-electron chi connectivity index (χ0n) is 17.1. The van der Waals surface area contributed by atoms with Gasteiger partial charge in [-0.05, 0) is 39.8 Å². The summed E-state index contributed by atoms with van der Waals surface area (Å²) in [5.74, 6) is 0.160. The second kappa shape index (κ2) is 6.71. The predicted octanol–water partition coefficient (Wildman–Crippen LogP) is 3.88. The number of carbonyl (C=O) groups is 1. The molecule has 3 aromatic rings. The molecule has 1 amide bonds. The van der Waals surface area contributed by atoms with Crippen LogP contribution in [-0.2, 0) is 7.05 Å². The summed E-state index contributed by atoms with van der Waals surface area (Å²) in [6.45, 7) is 12.3. The zero-order chi connectivity index (χ0) is 19.3. The number of hydrogen-bond acceptors (Lipinski definition) is 2. The van der Waals surface area contributed by atoms with E-state index >= 15 is 0 Å². The van der Waals surface area contributed by atoms with Crippen LogP contribution >= 0.6 is 0 Å². The zero-order valence-corrected chi connectivity index (χ0v) is 17.1. The molecule has 1 aliphatic rings. The van der Waals surface area contributed by atoms with Gasteiger partial charge in [0.05, 0.1) is 16.6 Å². The number of fused-ring (bicyclic) bond motifs is 3. The number of nitrogens with zero attached hydrogens (tertiary/aromatic N) is 4. The third-order valence-electron chi connectivity index (χ3n) is 5.97. The third kappa shape index (κ3) is 2.85. The number of benzene rings is 1. The van der Waals surface area contributed by atoms with Crippen molar-refractivity contribution in [3.63, 3.8) is 0 Å². The Morgan fingerprint density at radius 1 is 0.926 bits per heavy atom. The summed E-state index contributed by atoms with van der Waals surface area (Å²) in [6, 6.07) is 11.3. The van der Waals surface area contributed by atoms with E-state index in [1.54, 1.807) is 0 Å². The molecule has 0 bridgehead atoms. The summed E-state index contributed by atoms with van der Waals surface area (Å²) in [7, 11) is 2.09. The number of rotatable bonds is 3. The van der Waals surface area contributed by atoms with Crippen molar-refractivity contribution in [3.8, 4) is 0 Å². The normalized spacial score (nSPS) is 16.3. The number of aromatic nitrogens is 2. The molecule has 0 atom stereocenters. The van der Waals surface area contributed by atoms with E-state index in [1.165, 1.54) is 16.4 Å². The van der Waals surface area contributed by atoms with Crippen molar-refractivity contribution in [2.24, 2.45) is 7.05 Å². The Morgan fingerprint density at radius 2 is 1.59 bits per heavy atom. The number of carbonyl (C=O) groups excluding carboxylic acids is 1. The van der Waals surface area contributed by atoms with Crippen molar-refractivity contribution in [1.29, 1.82) is 0 Å². The second-order valence-corrected chi connectivity index (χ2v) is 8.23. The number of piperazine rings is 1. The standard InChI is InChI=1S/C22H30N4O/c1-15(2)24-10-12-25(13-11-24)22(27)20-14-19-21(26(20)16(3)4)17-8-6-7-9-18(17)23(19)5/h6-9,14-16H,10-13H2,1-5H3. The maximum atomic E-state index is 13.4. The minimum Gasteiger partial charge on any atom is -0.342 e. The van der Waals surface area contributed by atoms with E-state index in [4.69, 9.17) is 0 Å². The van der Waals surface area contributed by atoms with E-state index in [2.05, 4.69) is 79.1 Å². The Bertz CT molecular complexity index is 987. The number of hydrogen-bond donors (Lipinski definition) is 0. The molecule has 0 spiro atoms. The molecule has 1 aliphatic heterocycles. The van der Waals surface area contributed by atoms with E-state index in [0.29, 0.717) is 6.04 Å². The van der Waals surface area contributed by atoms with E-state index in [9.17, 15) is 4.79 Å². The molecule has 0 unspecified atom stereocenters. The van der Waals surface area contributed by atoms with Crippen molar-refractivity contribution in [2.45, 2.75) is 39.8 Å². The first-order chi connectivity index (χ1) is 12.9. The Labute approximate surface area is 161 Å². The molecular formula is C22H30N4O. The van der Waals surface area contributed by atoms with Gasteiger partial charge in [0, 0.05) is 50.7 Å². The Balaban J connectivity index is 1.77. The second-order valence-electron chi connectivity index (χ2n) is 8.23. The van der Waals surface area contributed by atoms with Crippen LogP contribution in [0.3, 0.4) is 0 Å². The molecule has 1 fully saturated rings. The topological polar surface area (TPSA) is 33.4 Å². The van der Waals surface area contributed by atoms with Gasteiger partial charge in [-0.1, -0.05) is 18.2 Å². The van der Waals surface area contributed by atoms with E-state index in [0.717, 1.165) is 37.4 Å². The lowest BCUT2D eigenvalue weighted by atomic mass is 10.2. The highest BCUT2D eigenvalue weighted by molar-refractivity contribution is 6.10. The lowest BCUT2D eigenvalue weighted by Crippen LogP contribution is -2.51. The summed E-state index contributed by atoms with van der Waals surface area (Å²) >= 11 is 0. The van der Waals surface area contributed by atoms with Crippen molar-refractivity contribution in [2.75, 3.05) is 26.2 Å². The highest BCUT2D eigenvalue weighted by Crippen LogP contribution is 2.33. The van der Waals surface area contributed by atoms with Crippen LogP contribution in [-0.4, -0.2) is 57.1 Å². The summed E-state index contributed by atoms with van der Waals surface area (Å²) in [4.78, 5) is 17.9. The van der Waals surface area contributed by atoms with Crippen LogP contribution in [0.25, 0.3) is 21.9 Å². The van der Waals surface area contributed by atoms with Crippen LogP contribution < -0.4 is 0 Å². The van der Waals surface area contributed by atoms with Gasteiger partial charge in [0.2, 0.25) is 0 Å². The minimum absolute atomic E-state index is 0.160. The van der Waals surface area contributed by atoms with Crippen LogP contribution in [0.1, 0.15) is 44.2 Å². The molecule has 144 valence electrons. The third-order valence-corrected chi connectivity index (χ3v) is 5.97. The SMILES string of the molecule is CC(C)N1CCN(C(=O)c2cc3c(c4ccccc4n3C)n2C(C)C)CC1. The first-order valence-corrected chi connectivity index (χ1v) is 10.0. The van der Waals surface area contributed by atoms with Crippen molar-refractivity contribution in [1.82, 2.24) is 18.9 Å². The van der Waals surface area contributed by atoms with Crippen LogP contribution in [0.2, 0.25) is 0 Å². The van der Waals surface area contributed by atoms with Crippen LogP contribution in [0.4, 0.5) is 0 Å². The van der Waals surface area contributed by atoms with Crippen molar-refractivity contribution < 1.29 is 4.79 Å². The van der Waals surface area contributed by atoms with Gasteiger partial charge in [0.25, 0.3) is 5.91 Å². The van der Waals surface area contributed by atoms with Gasteiger partial charge in [-0.3, -0.25) is 9.69 Å². The molecule has 5 nitrogen and oxygen atoms in total. The lowest BCUT2D eigenvalue weighted by molar-refractivity contribution is 0.0584. The molecule has 0 radical (unpaired) electrons. The quantitative estimate of drug-likeness (QED) is 0.705. The maximum absolute atomic E-state index is 13.4. The van der Waals surface area contributed by atoms with Gasteiger partial charge in [-0.2, -0.15) is 0 Å². The molecule has 3 heterocycles. The van der Waals surface area contributed by atoms with Gasteiger partial charge in [0.15, 0.2) is 0 Å². The Hall–Kier alpha value is -2.27. The van der Waals surface area contributed by atoms with Gasteiger partial charge < -0.3 is 14.0 Å². The van der Waals surface area contributed by atoms with Gasteiger partial charge in [-0.15, -0.1) is 0 Å². The molecule has 0 N–H and O–H groups in total. The first kappa shape index (κ1) is 18.1. The van der Waals surface area contributed by atoms with E-state index < -0.39 is 0 Å². The monoisotopic (exact) mass is 366 g/mol. The molecule has 0 saturated carbocycles. The summed E-state index contributed by atoms with van der Waals surface area (Å²) in [5.41, 5.74) is 4.33. The fourth-order valence-electron chi connectivity index (χ4n) is 4.44. The smallest absolute Gasteiger partial charge is 0.270 e. The first-order valence-electron chi connectivity index (χ1n) is 10.0.